The minimum Gasteiger partial charge on any atom is -0.492 e. The van der Waals surface area contributed by atoms with Crippen LogP contribution in [0.25, 0.3) is 0 Å². The van der Waals surface area contributed by atoms with E-state index in [2.05, 4.69) is 10.5 Å². The molecule has 0 saturated heterocycles. The Hall–Kier alpha value is -2.96. The average molecular weight is 301 g/mol. The molecule has 0 saturated carbocycles. The van der Waals surface area contributed by atoms with Crippen LogP contribution < -0.4 is 10.2 Å². The fourth-order valence-electron chi connectivity index (χ4n) is 2.15. The Labute approximate surface area is 125 Å². The normalized spacial score (nSPS) is 15.0. The third-order valence-corrected chi connectivity index (χ3v) is 3.25. The molecule has 1 heterocycles. The molecule has 1 aliphatic rings. The van der Waals surface area contributed by atoms with Crippen LogP contribution in [0.3, 0.4) is 0 Å². The van der Waals surface area contributed by atoms with Crippen LogP contribution in [0.5, 0.6) is 5.75 Å². The molecule has 0 aromatic heterocycles. The summed E-state index contributed by atoms with van der Waals surface area (Å²) in [5.41, 5.74) is 4.74. The molecule has 0 bridgehead atoms. The number of nitro benzene ring substituents is 1. The number of rotatable bonds is 3. The lowest BCUT2D eigenvalue weighted by molar-refractivity contribution is -0.384. The van der Waals surface area contributed by atoms with Gasteiger partial charge in [0, 0.05) is 24.1 Å². The highest BCUT2D eigenvalue weighted by molar-refractivity contribution is 6.04. The van der Waals surface area contributed by atoms with Gasteiger partial charge in [0.1, 0.15) is 11.6 Å². The van der Waals surface area contributed by atoms with E-state index in [9.17, 15) is 14.5 Å². The van der Waals surface area contributed by atoms with E-state index in [1.807, 2.05) is 0 Å². The number of nitro groups is 1. The SMILES string of the molecule is O=[N+]([O-])c1ccc(N/N=C2/CCOc3ccc(F)cc32)cc1. The zero-order valence-corrected chi connectivity index (χ0v) is 11.5. The Kier molecular flexibility index (Phi) is 3.69. The molecule has 6 nitrogen and oxygen atoms in total. The van der Waals surface area contributed by atoms with E-state index >= 15 is 0 Å². The quantitative estimate of drug-likeness (QED) is 0.697. The van der Waals surface area contributed by atoms with Crippen LogP contribution >= 0.6 is 0 Å². The number of ether oxygens (including phenoxy) is 1. The van der Waals surface area contributed by atoms with Crippen LogP contribution in [-0.4, -0.2) is 17.2 Å². The van der Waals surface area contributed by atoms with E-state index in [1.165, 1.54) is 24.3 Å². The van der Waals surface area contributed by atoms with Crippen molar-refractivity contribution >= 4 is 17.1 Å². The molecular weight excluding hydrogens is 289 g/mol. The van der Waals surface area contributed by atoms with E-state index in [0.717, 1.165) is 0 Å². The first-order valence-electron chi connectivity index (χ1n) is 6.63. The number of nitrogens with zero attached hydrogens (tertiary/aromatic N) is 2. The first-order valence-corrected chi connectivity index (χ1v) is 6.63. The lowest BCUT2D eigenvalue weighted by atomic mass is 10.0. The zero-order chi connectivity index (χ0) is 15.5. The number of benzene rings is 2. The molecule has 0 atom stereocenters. The van der Waals surface area contributed by atoms with Crippen molar-refractivity contribution in [3.05, 3.63) is 64.0 Å². The predicted molar refractivity (Wildman–Crippen MR) is 79.8 cm³/mol. The van der Waals surface area contributed by atoms with Crippen molar-refractivity contribution in [3.63, 3.8) is 0 Å². The van der Waals surface area contributed by atoms with Gasteiger partial charge in [-0.3, -0.25) is 15.5 Å². The average Bonchev–Trinajstić information content (AvgIpc) is 2.53. The second kappa shape index (κ2) is 5.80. The summed E-state index contributed by atoms with van der Waals surface area (Å²) >= 11 is 0. The summed E-state index contributed by atoms with van der Waals surface area (Å²) < 4.78 is 18.8. The molecule has 7 heteroatoms. The molecule has 0 fully saturated rings. The van der Waals surface area contributed by atoms with E-state index in [0.29, 0.717) is 35.7 Å². The number of halogens is 1. The van der Waals surface area contributed by atoms with Gasteiger partial charge in [-0.25, -0.2) is 4.39 Å². The monoisotopic (exact) mass is 301 g/mol. The van der Waals surface area contributed by atoms with E-state index in [4.69, 9.17) is 4.74 Å². The van der Waals surface area contributed by atoms with Gasteiger partial charge in [-0.15, -0.1) is 0 Å². The van der Waals surface area contributed by atoms with Crippen molar-refractivity contribution in [2.24, 2.45) is 5.10 Å². The highest BCUT2D eigenvalue weighted by Crippen LogP contribution is 2.26. The predicted octanol–water partition coefficient (Wildman–Crippen LogP) is 3.33. The van der Waals surface area contributed by atoms with Gasteiger partial charge in [0.25, 0.3) is 5.69 Å². The Balaban J connectivity index is 1.82. The van der Waals surface area contributed by atoms with E-state index < -0.39 is 4.92 Å². The third kappa shape index (κ3) is 2.88. The summed E-state index contributed by atoms with van der Waals surface area (Å²) in [5, 5.41) is 14.9. The van der Waals surface area contributed by atoms with Crippen LogP contribution in [0.1, 0.15) is 12.0 Å². The molecule has 1 aliphatic heterocycles. The molecule has 2 aromatic rings. The van der Waals surface area contributed by atoms with Gasteiger partial charge in [-0.2, -0.15) is 5.10 Å². The number of hydrazone groups is 1. The van der Waals surface area contributed by atoms with Crippen molar-refractivity contribution in [1.82, 2.24) is 0 Å². The maximum absolute atomic E-state index is 13.4. The summed E-state index contributed by atoms with van der Waals surface area (Å²) in [6.07, 6.45) is 0.552. The van der Waals surface area contributed by atoms with Gasteiger partial charge in [0.2, 0.25) is 0 Å². The standard InChI is InChI=1S/C15H12FN3O3/c16-10-1-6-15-13(9-10)14(7-8-22-15)18-17-11-2-4-12(5-3-11)19(20)21/h1-6,9,17H,7-8H2/b18-14-. The van der Waals surface area contributed by atoms with Crippen molar-refractivity contribution in [2.45, 2.75) is 6.42 Å². The first-order chi connectivity index (χ1) is 10.6. The minimum absolute atomic E-state index is 0.0108. The molecule has 0 amide bonds. The molecular formula is C15H12FN3O3. The Morgan fingerprint density at radius 2 is 2.00 bits per heavy atom. The van der Waals surface area contributed by atoms with E-state index in [1.54, 1.807) is 18.2 Å². The number of anilines is 1. The van der Waals surface area contributed by atoms with Crippen LogP contribution in [0.4, 0.5) is 15.8 Å². The topological polar surface area (TPSA) is 76.8 Å². The van der Waals surface area contributed by atoms with Crippen LogP contribution in [0, 0.1) is 15.9 Å². The zero-order valence-electron chi connectivity index (χ0n) is 11.5. The van der Waals surface area contributed by atoms with Crippen molar-refractivity contribution in [3.8, 4) is 5.75 Å². The molecule has 1 N–H and O–H groups in total. The Morgan fingerprint density at radius 3 is 2.73 bits per heavy atom. The van der Waals surface area contributed by atoms with Crippen molar-refractivity contribution < 1.29 is 14.1 Å². The number of nitrogens with one attached hydrogen (secondary N) is 1. The molecule has 3 rings (SSSR count). The van der Waals surface area contributed by atoms with Crippen LogP contribution in [0.2, 0.25) is 0 Å². The molecule has 2 aromatic carbocycles. The van der Waals surface area contributed by atoms with Gasteiger partial charge in [0.15, 0.2) is 0 Å². The van der Waals surface area contributed by atoms with Crippen LogP contribution in [-0.2, 0) is 0 Å². The second-order valence-corrected chi connectivity index (χ2v) is 4.71. The Bertz CT molecular complexity index is 744. The largest absolute Gasteiger partial charge is 0.492 e. The van der Waals surface area contributed by atoms with E-state index in [-0.39, 0.29) is 11.5 Å². The maximum Gasteiger partial charge on any atom is 0.269 e. The summed E-state index contributed by atoms with van der Waals surface area (Å²) in [7, 11) is 0. The number of fused-ring (bicyclic) bond motifs is 1. The number of hydrogen-bond donors (Lipinski definition) is 1. The fraction of sp³-hybridized carbons (Fsp3) is 0.133. The van der Waals surface area contributed by atoms with Gasteiger partial charge in [0.05, 0.1) is 22.9 Å². The summed E-state index contributed by atoms with van der Waals surface area (Å²) in [6.45, 7) is 0.472. The van der Waals surface area contributed by atoms with Crippen LogP contribution in [0.15, 0.2) is 47.6 Å². The van der Waals surface area contributed by atoms with Crippen molar-refractivity contribution in [1.29, 1.82) is 0 Å². The van der Waals surface area contributed by atoms with Gasteiger partial charge in [-0.05, 0) is 30.3 Å². The highest BCUT2D eigenvalue weighted by Gasteiger charge is 2.17. The summed E-state index contributed by atoms with van der Waals surface area (Å²) in [4.78, 5) is 10.1. The third-order valence-electron chi connectivity index (χ3n) is 3.25. The molecule has 0 aliphatic carbocycles. The highest BCUT2D eigenvalue weighted by atomic mass is 19.1. The fourth-order valence-corrected chi connectivity index (χ4v) is 2.15. The molecule has 22 heavy (non-hydrogen) atoms. The van der Waals surface area contributed by atoms with Gasteiger partial charge in [-0.1, -0.05) is 0 Å². The number of non-ortho nitro benzene ring substituents is 1. The summed E-state index contributed by atoms with van der Waals surface area (Å²) in [6, 6.07) is 10.2. The molecule has 0 radical (unpaired) electrons. The Morgan fingerprint density at radius 1 is 1.23 bits per heavy atom. The van der Waals surface area contributed by atoms with Gasteiger partial charge < -0.3 is 4.74 Å². The lowest BCUT2D eigenvalue weighted by Crippen LogP contribution is -2.17. The molecule has 112 valence electrons. The molecule has 0 unspecified atom stereocenters. The van der Waals surface area contributed by atoms with Crippen molar-refractivity contribution in [2.75, 3.05) is 12.0 Å². The smallest absolute Gasteiger partial charge is 0.269 e. The summed E-state index contributed by atoms with van der Waals surface area (Å²) in [5.74, 6) is 0.240. The van der Waals surface area contributed by atoms with Gasteiger partial charge >= 0.3 is 0 Å². The molecule has 0 spiro atoms. The minimum atomic E-state index is -0.465. The first kappa shape index (κ1) is 14.0. The number of hydrogen-bond acceptors (Lipinski definition) is 5. The lowest BCUT2D eigenvalue weighted by Gasteiger charge is -2.19. The maximum atomic E-state index is 13.4. The second-order valence-electron chi connectivity index (χ2n) is 4.71.